The number of aryl methyl sites for hydroxylation is 1. The van der Waals surface area contributed by atoms with Gasteiger partial charge in [-0.2, -0.15) is 0 Å². The highest BCUT2D eigenvalue weighted by Gasteiger charge is 2.45. The van der Waals surface area contributed by atoms with E-state index in [9.17, 15) is 9.59 Å². The zero-order valence-corrected chi connectivity index (χ0v) is 19.6. The van der Waals surface area contributed by atoms with Crippen LogP contribution in [0.15, 0.2) is 51.7 Å². The Hall–Kier alpha value is -3.23. The number of aromatic nitrogens is 2. The molecule has 1 atom stereocenters. The van der Waals surface area contributed by atoms with Crippen molar-refractivity contribution in [3.05, 3.63) is 79.6 Å². The van der Waals surface area contributed by atoms with E-state index in [-0.39, 0.29) is 16.8 Å². The Morgan fingerprint density at radius 2 is 1.94 bits per heavy atom. The fourth-order valence-corrected chi connectivity index (χ4v) is 4.81. The summed E-state index contributed by atoms with van der Waals surface area (Å²) in [6.07, 6.45) is 2.01. The minimum absolute atomic E-state index is 0.0101. The first kappa shape index (κ1) is 21.6. The maximum absolute atomic E-state index is 13.6. The summed E-state index contributed by atoms with van der Waals surface area (Å²) >= 11 is 7.41. The van der Waals surface area contributed by atoms with Gasteiger partial charge in [-0.15, -0.1) is 10.2 Å². The molecule has 168 valence electrons. The van der Waals surface area contributed by atoms with Gasteiger partial charge in [0, 0.05) is 5.02 Å². The van der Waals surface area contributed by atoms with E-state index < -0.39 is 11.9 Å². The summed E-state index contributed by atoms with van der Waals surface area (Å²) in [5.74, 6) is 0.312. The minimum atomic E-state index is -0.704. The van der Waals surface area contributed by atoms with Gasteiger partial charge in [-0.25, -0.2) is 0 Å². The third kappa shape index (κ3) is 3.79. The number of ether oxygens (including phenoxy) is 1. The van der Waals surface area contributed by atoms with Crippen molar-refractivity contribution in [1.82, 2.24) is 10.2 Å². The van der Waals surface area contributed by atoms with Crippen molar-refractivity contribution in [2.75, 3.05) is 11.5 Å². The molecular formula is C24H20ClN3O4S. The minimum Gasteiger partial charge on any atom is -0.494 e. The monoisotopic (exact) mass is 481 g/mol. The van der Waals surface area contributed by atoms with Gasteiger partial charge in [-0.1, -0.05) is 48.4 Å². The average Bonchev–Trinajstić information content (AvgIpc) is 3.36. The van der Waals surface area contributed by atoms with E-state index in [1.165, 1.54) is 16.2 Å². The molecule has 33 heavy (non-hydrogen) atoms. The van der Waals surface area contributed by atoms with Crippen LogP contribution in [-0.2, 0) is 0 Å². The van der Waals surface area contributed by atoms with Crippen LogP contribution in [0.5, 0.6) is 5.75 Å². The molecule has 2 aromatic carbocycles. The first-order valence-electron chi connectivity index (χ1n) is 10.6. The highest BCUT2D eigenvalue weighted by molar-refractivity contribution is 7.15. The van der Waals surface area contributed by atoms with E-state index in [1.54, 1.807) is 18.2 Å². The number of halogens is 1. The second-order valence-corrected chi connectivity index (χ2v) is 9.36. The molecule has 2 aromatic heterocycles. The second kappa shape index (κ2) is 8.61. The number of amides is 1. The standard InChI is InChI=1S/C24H20ClN3O4S/c1-3-4-11-31-16-8-5-14(6-9-16)20-19-21(29)17-12-15(25)7-10-18(17)32-22(19)23(30)28(20)24-27-26-13(2)33-24/h5-10,12,20H,3-4,11H2,1-2H3. The molecule has 1 amide bonds. The highest BCUT2D eigenvalue weighted by atomic mass is 35.5. The van der Waals surface area contributed by atoms with Crippen molar-refractivity contribution in [1.29, 1.82) is 0 Å². The van der Waals surface area contributed by atoms with E-state index in [2.05, 4.69) is 17.1 Å². The summed E-state index contributed by atoms with van der Waals surface area (Å²) in [4.78, 5) is 28.5. The smallest absolute Gasteiger partial charge is 0.297 e. The Morgan fingerprint density at radius 3 is 2.64 bits per heavy atom. The third-order valence-electron chi connectivity index (χ3n) is 5.52. The van der Waals surface area contributed by atoms with Gasteiger partial charge in [0.25, 0.3) is 5.91 Å². The Bertz CT molecular complexity index is 1410. The van der Waals surface area contributed by atoms with Crippen LogP contribution in [0.2, 0.25) is 5.02 Å². The molecule has 7 nitrogen and oxygen atoms in total. The molecule has 4 aromatic rings. The van der Waals surface area contributed by atoms with Crippen LogP contribution in [0.3, 0.4) is 0 Å². The topological polar surface area (TPSA) is 85.5 Å². The van der Waals surface area contributed by atoms with Crippen LogP contribution < -0.4 is 15.1 Å². The molecule has 5 rings (SSSR count). The quantitative estimate of drug-likeness (QED) is 0.336. The van der Waals surface area contributed by atoms with Crippen molar-refractivity contribution in [2.24, 2.45) is 0 Å². The van der Waals surface area contributed by atoms with Crippen molar-refractivity contribution >= 4 is 44.9 Å². The molecule has 1 unspecified atom stereocenters. The van der Waals surface area contributed by atoms with Crippen LogP contribution >= 0.6 is 22.9 Å². The number of rotatable bonds is 6. The lowest BCUT2D eigenvalue weighted by atomic mass is 9.98. The normalized spacial score (nSPS) is 15.3. The van der Waals surface area contributed by atoms with Crippen molar-refractivity contribution in [2.45, 2.75) is 32.7 Å². The Kier molecular flexibility index (Phi) is 5.64. The van der Waals surface area contributed by atoms with Crippen LogP contribution in [0, 0.1) is 6.92 Å². The molecule has 1 aliphatic rings. The molecule has 0 bridgehead atoms. The highest BCUT2D eigenvalue weighted by Crippen LogP contribution is 2.42. The molecule has 0 N–H and O–H groups in total. The number of fused-ring (bicyclic) bond motifs is 2. The van der Waals surface area contributed by atoms with E-state index in [0.29, 0.717) is 32.7 Å². The van der Waals surface area contributed by atoms with Gasteiger partial charge in [-0.3, -0.25) is 14.5 Å². The van der Waals surface area contributed by atoms with Crippen molar-refractivity contribution in [3.8, 4) is 5.75 Å². The number of carbonyl (C=O) groups excluding carboxylic acids is 1. The number of nitrogens with zero attached hydrogens (tertiary/aromatic N) is 3. The maximum Gasteiger partial charge on any atom is 0.297 e. The van der Waals surface area contributed by atoms with Crippen molar-refractivity contribution in [3.63, 3.8) is 0 Å². The summed E-state index contributed by atoms with van der Waals surface area (Å²) in [6.45, 7) is 4.55. The van der Waals surface area contributed by atoms with Gasteiger partial charge in [0.15, 0.2) is 5.43 Å². The molecule has 3 heterocycles. The van der Waals surface area contributed by atoms with Gasteiger partial charge >= 0.3 is 0 Å². The first-order valence-corrected chi connectivity index (χ1v) is 11.8. The second-order valence-electron chi connectivity index (χ2n) is 7.77. The SMILES string of the molecule is CCCCOc1ccc(C2c3c(oc4ccc(Cl)cc4c3=O)C(=O)N2c2nnc(C)s2)cc1. The Labute approximate surface area is 198 Å². The fraction of sp³-hybridized carbons (Fsp3) is 0.250. The molecule has 0 spiro atoms. The molecule has 0 aliphatic carbocycles. The lowest BCUT2D eigenvalue weighted by Gasteiger charge is -2.22. The lowest BCUT2D eigenvalue weighted by Crippen LogP contribution is -2.29. The number of unbranched alkanes of at least 4 members (excludes halogenated alkanes) is 1. The van der Waals surface area contributed by atoms with Crippen LogP contribution in [0.1, 0.15) is 52.5 Å². The van der Waals surface area contributed by atoms with Gasteiger partial charge in [0.05, 0.1) is 23.6 Å². The zero-order valence-electron chi connectivity index (χ0n) is 18.0. The number of carbonyl (C=O) groups is 1. The Balaban J connectivity index is 1.67. The number of hydrogen-bond donors (Lipinski definition) is 0. The van der Waals surface area contributed by atoms with Crippen LogP contribution in [0.4, 0.5) is 5.13 Å². The molecule has 0 saturated heterocycles. The van der Waals surface area contributed by atoms with Gasteiger partial charge < -0.3 is 9.15 Å². The predicted molar refractivity (Wildman–Crippen MR) is 128 cm³/mol. The lowest BCUT2D eigenvalue weighted by molar-refractivity contribution is 0.0970. The summed E-state index contributed by atoms with van der Waals surface area (Å²) in [5.41, 5.74) is 1.03. The van der Waals surface area contributed by atoms with Gasteiger partial charge in [-0.05, 0) is 49.2 Å². The first-order chi connectivity index (χ1) is 16.0. The number of hydrogen-bond acceptors (Lipinski definition) is 7. The largest absolute Gasteiger partial charge is 0.494 e. The van der Waals surface area contributed by atoms with E-state index in [0.717, 1.165) is 24.2 Å². The zero-order chi connectivity index (χ0) is 23.1. The molecule has 1 aliphatic heterocycles. The average molecular weight is 482 g/mol. The summed E-state index contributed by atoms with van der Waals surface area (Å²) < 4.78 is 11.7. The fourth-order valence-electron chi connectivity index (χ4n) is 3.92. The number of anilines is 1. The maximum atomic E-state index is 13.6. The summed E-state index contributed by atoms with van der Waals surface area (Å²) in [6, 6.07) is 11.5. The number of benzene rings is 2. The summed E-state index contributed by atoms with van der Waals surface area (Å²) in [5, 5.41) is 10.1. The van der Waals surface area contributed by atoms with Gasteiger partial charge in [0.2, 0.25) is 10.9 Å². The molecule has 0 saturated carbocycles. The van der Waals surface area contributed by atoms with Gasteiger partial charge in [0.1, 0.15) is 16.3 Å². The predicted octanol–water partition coefficient (Wildman–Crippen LogP) is 5.54. The van der Waals surface area contributed by atoms with Crippen LogP contribution in [0.25, 0.3) is 11.0 Å². The van der Waals surface area contributed by atoms with Crippen molar-refractivity contribution < 1.29 is 13.9 Å². The van der Waals surface area contributed by atoms with Crippen LogP contribution in [-0.4, -0.2) is 22.7 Å². The molecule has 0 fully saturated rings. The van der Waals surface area contributed by atoms with E-state index >= 15 is 0 Å². The van der Waals surface area contributed by atoms with E-state index in [4.69, 9.17) is 20.8 Å². The summed E-state index contributed by atoms with van der Waals surface area (Å²) in [7, 11) is 0. The molecule has 0 radical (unpaired) electrons. The Morgan fingerprint density at radius 1 is 1.15 bits per heavy atom. The third-order valence-corrected chi connectivity index (χ3v) is 6.59. The van der Waals surface area contributed by atoms with E-state index in [1.807, 2.05) is 31.2 Å². The molecular weight excluding hydrogens is 462 g/mol. The molecule has 9 heteroatoms.